The molecule has 108 valence electrons. The second-order valence-electron chi connectivity index (χ2n) is 4.33. The standard InChI is InChI=1S/C11H13N9O/c12-11(13)14-1-2-20-4-7(18-19-20)6-3-15-9-8(6)10(21)17-5-16-9/h3-5H,1-2H2,(H4,12,13,14)(H2,15,16,17,21). The molecule has 10 heteroatoms. The Labute approximate surface area is 117 Å². The lowest BCUT2D eigenvalue weighted by atomic mass is 10.2. The van der Waals surface area contributed by atoms with E-state index in [2.05, 4.69) is 30.3 Å². The number of rotatable bonds is 4. The van der Waals surface area contributed by atoms with Crippen molar-refractivity contribution < 1.29 is 0 Å². The Bertz CT molecular complexity index is 852. The number of hydrogen-bond acceptors (Lipinski definition) is 5. The highest BCUT2D eigenvalue weighted by Gasteiger charge is 2.13. The number of aliphatic imine (C=N–C) groups is 1. The summed E-state index contributed by atoms with van der Waals surface area (Å²) in [5, 5.41) is 8.48. The molecule has 0 aliphatic heterocycles. The van der Waals surface area contributed by atoms with E-state index >= 15 is 0 Å². The lowest BCUT2D eigenvalue weighted by Gasteiger charge is -1.95. The van der Waals surface area contributed by atoms with Crippen LogP contribution < -0.4 is 17.0 Å². The van der Waals surface area contributed by atoms with Crippen LogP contribution in [0.3, 0.4) is 0 Å². The smallest absolute Gasteiger partial charge is 0.260 e. The number of nitrogens with two attached hydrogens (primary N) is 2. The van der Waals surface area contributed by atoms with E-state index < -0.39 is 0 Å². The largest absolute Gasteiger partial charge is 0.370 e. The molecule has 0 bridgehead atoms. The van der Waals surface area contributed by atoms with Crippen molar-refractivity contribution in [3.8, 4) is 11.3 Å². The van der Waals surface area contributed by atoms with Crippen molar-refractivity contribution in [3.63, 3.8) is 0 Å². The zero-order valence-corrected chi connectivity index (χ0v) is 10.9. The molecule has 3 aromatic rings. The summed E-state index contributed by atoms with van der Waals surface area (Å²) in [6.45, 7) is 0.892. The first-order chi connectivity index (χ1) is 10.1. The van der Waals surface area contributed by atoms with E-state index in [1.807, 2.05) is 0 Å². The predicted molar refractivity (Wildman–Crippen MR) is 76.4 cm³/mol. The molecule has 3 rings (SSSR count). The van der Waals surface area contributed by atoms with E-state index in [0.717, 1.165) is 0 Å². The Balaban J connectivity index is 1.92. The molecule has 0 aliphatic rings. The van der Waals surface area contributed by atoms with Gasteiger partial charge in [0.1, 0.15) is 11.3 Å². The number of nitrogens with zero attached hydrogens (tertiary/aromatic N) is 5. The summed E-state index contributed by atoms with van der Waals surface area (Å²) in [7, 11) is 0. The molecule has 6 N–H and O–H groups in total. The summed E-state index contributed by atoms with van der Waals surface area (Å²) in [6, 6.07) is 0. The lowest BCUT2D eigenvalue weighted by Crippen LogP contribution is -2.23. The number of hydrogen-bond donors (Lipinski definition) is 4. The summed E-state index contributed by atoms with van der Waals surface area (Å²) < 4.78 is 1.60. The molecule has 0 radical (unpaired) electrons. The molecule has 0 aliphatic carbocycles. The van der Waals surface area contributed by atoms with Gasteiger partial charge in [0, 0.05) is 11.8 Å². The van der Waals surface area contributed by atoms with Crippen LogP contribution in [0.2, 0.25) is 0 Å². The fraction of sp³-hybridized carbons (Fsp3) is 0.182. The van der Waals surface area contributed by atoms with E-state index in [4.69, 9.17) is 11.5 Å². The van der Waals surface area contributed by atoms with Crippen LogP contribution in [0.4, 0.5) is 0 Å². The van der Waals surface area contributed by atoms with Gasteiger partial charge in [0.25, 0.3) is 5.56 Å². The van der Waals surface area contributed by atoms with Gasteiger partial charge in [0.15, 0.2) is 5.96 Å². The molecule has 0 fully saturated rings. The highest BCUT2D eigenvalue weighted by Crippen LogP contribution is 2.22. The van der Waals surface area contributed by atoms with E-state index in [9.17, 15) is 4.79 Å². The first-order valence-corrected chi connectivity index (χ1v) is 6.16. The van der Waals surface area contributed by atoms with Gasteiger partial charge in [-0.1, -0.05) is 5.21 Å². The van der Waals surface area contributed by atoms with Crippen molar-refractivity contribution >= 4 is 17.0 Å². The van der Waals surface area contributed by atoms with E-state index in [-0.39, 0.29) is 11.5 Å². The van der Waals surface area contributed by atoms with E-state index in [1.54, 1.807) is 17.1 Å². The third-order valence-electron chi connectivity index (χ3n) is 2.91. The minimum absolute atomic E-state index is 0.0320. The number of aromatic amines is 2. The molecule has 3 heterocycles. The van der Waals surface area contributed by atoms with Crippen LogP contribution in [0.5, 0.6) is 0 Å². The number of nitrogens with one attached hydrogen (secondary N) is 2. The van der Waals surface area contributed by atoms with Crippen LogP contribution in [-0.4, -0.2) is 42.5 Å². The fourth-order valence-corrected chi connectivity index (χ4v) is 1.99. The summed E-state index contributed by atoms with van der Waals surface area (Å²) in [4.78, 5) is 25.3. The minimum atomic E-state index is -0.230. The molecule has 3 aromatic heterocycles. The van der Waals surface area contributed by atoms with Crippen molar-refractivity contribution in [3.05, 3.63) is 29.1 Å². The molecule has 10 nitrogen and oxygen atoms in total. The average Bonchev–Trinajstić information content (AvgIpc) is 3.05. The lowest BCUT2D eigenvalue weighted by molar-refractivity contribution is 0.598. The Morgan fingerprint density at radius 2 is 2.24 bits per heavy atom. The Kier molecular flexibility index (Phi) is 3.10. The summed E-state index contributed by atoms with van der Waals surface area (Å²) in [5.41, 5.74) is 12.0. The Morgan fingerprint density at radius 1 is 1.38 bits per heavy atom. The number of guanidine groups is 1. The normalized spacial score (nSPS) is 10.9. The fourth-order valence-electron chi connectivity index (χ4n) is 1.99. The SMILES string of the molecule is NC(N)=NCCn1cc(-c2c[nH]c3nc[nH]c(=O)c23)nn1. The Hall–Kier alpha value is -3.17. The topological polar surface area (TPSA) is 157 Å². The van der Waals surface area contributed by atoms with Gasteiger partial charge in [-0.2, -0.15) is 0 Å². The monoisotopic (exact) mass is 287 g/mol. The van der Waals surface area contributed by atoms with Crippen LogP contribution in [0.15, 0.2) is 28.5 Å². The van der Waals surface area contributed by atoms with Gasteiger partial charge in [-0.15, -0.1) is 5.10 Å². The number of H-pyrrole nitrogens is 2. The van der Waals surface area contributed by atoms with Gasteiger partial charge in [0.05, 0.1) is 31.0 Å². The number of fused-ring (bicyclic) bond motifs is 1. The molecule has 0 aromatic carbocycles. The molecular weight excluding hydrogens is 274 g/mol. The molecule has 0 saturated carbocycles. The molecule has 0 unspecified atom stereocenters. The van der Waals surface area contributed by atoms with E-state index in [1.165, 1.54) is 6.33 Å². The Morgan fingerprint density at radius 3 is 3.05 bits per heavy atom. The second kappa shape index (κ2) is 5.07. The van der Waals surface area contributed by atoms with E-state index in [0.29, 0.717) is 35.4 Å². The van der Waals surface area contributed by atoms with Crippen LogP contribution in [0.25, 0.3) is 22.3 Å². The van der Waals surface area contributed by atoms with Crippen LogP contribution in [0, 0.1) is 0 Å². The first kappa shape index (κ1) is 12.8. The molecule has 0 spiro atoms. The van der Waals surface area contributed by atoms with Gasteiger partial charge in [0.2, 0.25) is 0 Å². The van der Waals surface area contributed by atoms with Crippen LogP contribution in [0.1, 0.15) is 0 Å². The van der Waals surface area contributed by atoms with Gasteiger partial charge in [-0.05, 0) is 0 Å². The zero-order chi connectivity index (χ0) is 14.8. The highest BCUT2D eigenvalue weighted by atomic mass is 16.1. The van der Waals surface area contributed by atoms with Gasteiger partial charge < -0.3 is 21.4 Å². The van der Waals surface area contributed by atoms with Gasteiger partial charge >= 0.3 is 0 Å². The highest BCUT2D eigenvalue weighted by molar-refractivity contribution is 5.91. The predicted octanol–water partition coefficient (Wildman–Crippen LogP) is -1.22. The maximum Gasteiger partial charge on any atom is 0.260 e. The van der Waals surface area contributed by atoms with Gasteiger partial charge in [-0.25, -0.2) is 4.98 Å². The molecule has 0 atom stereocenters. The van der Waals surface area contributed by atoms with Crippen molar-refractivity contribution in [1.82, 2.24) is 29.9 Å². The zero-order valence-electron chi connectivity index (χ0n) is 10.9. The molecule has 0 saturated heterocycles. The molecular formula is C11H13N9O. The summed E-state index contributed by atoms with van der Waals surface area (Å²) in [5.74, 6) is 0.0320. The summed E-state index contributed by atoms with van der Waals surface area (Å²) in [6.07, 6.45) is 4.74. The maximum absolute atomic E-state index is 11.9. The van der Waals surface area contributed by atoms with Crippen LogP contribution >= 0.6 is 0 Å². The first-order valence-electron chi connectivity index (χ1n) is 6.16. The number of aromatic nitrogens is 6. The van der Waals surface area contributed by atoms with Crippen molar-refractivity contribution in [2.75, 3.05) is 6.54 Å². The minimum Gasteiger partial charge on any atom is -0.370 e. The molecule has 0 amide bonds. The van der Waals surface area contributed by atoms with Crippen molar-refractivity contribution in [2.24, 2.45) is 16.5 Å². The summed E-state index contributed by atoms with van der Waals surface area (Å²) >= 11 is 0. The quantitative estimate of drug-likeness (QED) is 0.348. The van der Waals surface area contributed by atoms with Crippen LogP contribution in [-0.2, 0) is 6.54 Å². The van der Waals surface area contributed by atoms with Crippen molar-refractivity contribution in [2.45, 2.75) is 6.54 Å². The van der Waals surface area contributed by atoms with Crippen molar-refractivity contribution in [1.29, 1.82) is 0 Å². The van der Waals surface area contributed by atoms with Gasteiger partial charge in [-0.3, -0.25) is 14.5 Å². The third kappa shape index (κ3) is 2.45. The third-order valence-corrected chi connectivity index (χ3v) is 2.91. The average molecular weight is 287 g/mol. The molecule has 21 heavy (non-hydrogen) atoms. The maximum atomic E-state index is 11.9. The second-order valence-corrected chi connectivity index (χ2v) is 4.33.